The highest BCUT2D eigenvalue weighted by molar-refractivity contribution is 5.74. The normalized spacial score (nSPS) is 11.3. The van der Waals surface area contributed by atoms with Gasteiger partial charge >= 0.3 is 5.97 Å². The highest BCUT2D eigenvalue weighted by atomic mass is 16.6. The number of methoxy groups -OCH3 is 1. The number of aromatic nitrogens is 2. The number of nitrogens with zero attached hydrogens (tertiary/aromatic N) is 3. The summed E-state index contributed by atoms with van der Waals surface area (Å²) in [6.45, 7) is 1.39. The molecule has 8 heteroatoms. The van der Waals surface area contributed by atoms with Crippen molar-refractivity contribution in [3.8, 4) is 29.0 Å². The summed E-state index contributed by atoms with van der Waals surface area (Å²) < 4.78 is 21.1. The van der Waals surface area contributed by atoms with Crippen LogP contribution in [0.1, 0.15) is 18.4 Å². The van der Waals surface area contributed by atoms with Crippen LogP contribution in [0.25, 0.3) is 11.4 Å². The number of hydrogen-bond acceptors (Lipinski definition) is 8. The number of nitriles is 1. The van der Waals surface area contributed by atoms with Gasteiger partial charge in [0, 0.05) is 0 Å². The lowest BCUT2D eigenvalue weighted by Gasteiger charge is -2.13. The van der Waals surface area contributed by atoms with Crippen LogP contribution >= 0.6 is 0 Å². The minimum absolute atomic E-state index is 0.153. The molecule has 1 aromatic heterocycles. The number of para-hydroxylation sites is 1. The summed E-state index contributed by atoms with van der Waals surface area (Å²) in [5, 5.41) is 12.7. The van der Waals surface area contributed by atoms with E-state index in [2.05, 4.69) is 10.1 Å². The summed E-state index contributed by atoms with van der Waals surface area (Å²) in [6, 6.07) is 15.7. The van der Waals surface area contributed by atoms with Gasteiger partial charge in [-0.25, -0.2) is 4.79 Å². The predicted octanol–water partition coefficient (Wildman–Crippen LogP) is 3.13. The van der Waals surface area contributed by atoms with Crippen molar-refractivity contribution in [2.24, 2.45) is 0 Å². The van der Waals surface area contributed by atoms with E-state index in [-0.39, 0.29) is 12.5 Å². The monoisotopic (exact) mass is 379 g/mol. The number of ether oxygens (including phenoxy) is 3. The van der Waals surface area contributed by atoms with Crippen LogP contribution < -0.4 is 9.47 Å². The average Bonchev–Trinajstić information content (AvgIpc) is 3.21. The topological polar surface area (TPSA) is 107 Å². The first-order valence-corrected chi connectivity index (χ1v) is 8.40. The van der Waals surface area contributed by atoms with Gasteiger partial charge in [0.15, 0.2) is 12.7 Å². The van der Waals surface area contributed by atoms with Gasteiger partial charge in [-0.15, -0.1) is 0 Å². The minimum Gasteiger partial charge on any atom is -0.496 e. The molecule has 28 heavy (non-hydrogen) atoms. The lowest BCUT2D eigenvalue weighted by atomic mass is 10.2. The summed E-state index contributed by atoms with van der Waals surface area (Å²) in [4.78, 5) is 16.3. The summed E-state index contributed by atoms with van der Waals surface area (Å²) in [5.41, 5.74) is 1.17. The number of carbonyl (C=O) groups excluding carboxylic acids is 1. The minimum atomic E-state index is -0.843. The van der Waals surface area contributed by atoms with Gasteiger partial charge in [0.2, 0.25) is 5.82 Å². The van der Waals surface area contributed by atoms with Crippen LogP contribution in [0.4, 0.5) is 0 Å². The molecule has 8 nitrogen and oxygen atoms in total. The Morgan fingerprint density at radius 2 is 1.96 bits per heavy atom. The maximum atomic E-state index is 12.1. The molecular formula is C20H17N3O5. The van der Waals surface area contributed by atoms with Crippen LogP contribution in [0.5, 0.6) is 11.5 Å². The zero-order valence-corrected chi connectivity index (χ0v) is 15.3. The summed E-state index contributed by atoms with van der Waals surface area (Å²) in [6.07, 6.45) is -0.843. The van der Waals surface area contributed by atoms with E-state index >= 15 is 0 Å². The second-order valence-corrected chi connectivity index (χ2v) is 5.72. The standard InChI is InChI=1S/C20H17N3O5/c1-13(27-15-9-7-14(11-21)8-10-15)20(24)26-12-18-22-19(23-28-18)16-5-3-4-6-17(16)25-2/h3-10,13H,12H2,1-2H3/t13-/m0/s1. The molecule has 0 spiro atoms. The molecule has 3 aromatic rings. The van der Waals surface area contributed by atoms with Gasteiger partial charge in [0.05, 0.1) is 24.3 Å². The van der Waals surface area contributed by atoms with E-state index in [1.165, 1.54) is 0 Å². The number of hydrogen-bond donors (Lipinski definition) is 0. The fourth-order valence-corrected chi connectivity index (χ4v) is 2.36. The first-order valence-electron chi connectivity index (χ1n) is 8.40. The Balaban J connectivity index is 1.57. The van der Waals surface area contributed by atoms with Gasteiger partial charge in [-0.2, -0.15) is 10.2 Å². The predicted molar refractivity (Wildman–Crippen MR) is 97.3 cm³/mol. The Labute approximate surface area is 161 Å². The highest BCUT2D eigenvalue weighted by Crippen LogP contribution is 2.27. The smallest absolute Gasteiger partial charge is 0.347 e. The van der Waals surface area contributed by atoms with Gasteiger partial charge in [0.25, 0.3) is 5.89 Å². The van der Waals surface area contributed by atoms with Crippen molar-refractivity contribution in [2.75, 3.05) is 7.11 Å². The summed E-state index contributed by atoms with van der Waals surface area (Å²) in [7, 11) is 1.55. The molecule has 0 aliphatic rings. The van der Waals surface area contributed by atoms with Gasteiger partial charge < -0.3 is 18.7 Å². The SMILES string of the molecule is COc1ccccc1-c1noc(COC(=O)[C@H](C)Oc2ccc(C#N)cc2)n1. The van der Waals surface area contributed by atoms with Crippen molar-refractivity contribution in [2.45, 2.75) is 19.6 Å². The molecule has 2 aromatic carbocycles. The maximum absolute atomic E-state index is 12.1. The largest absolute Gasteiger partial charge is 0.496 e. The van der Waals surface area contributed by atoms with E-state index in [1.54, 1.807) is 50.4 Å². The van der Waals surface area contributed by atoms with Gasteiger partial charge in [-0.1, -0.05) is 17.3 Å². The lowest BCUT2D eigenvalue weighted by Crippen LogP contribution is -2.26. The van der Waals surface area contributed by atoms with Crippen molar-refractivity contribution in [3.63, 3.8) is 0 Å². The number of benzene rings is 2. The van der Waals surface area contributed by atoms with E-state index < -0.39 is 12.1 Å². The fourth-order valence-electron chi connectivity index (χ4n) is 2.36. The molecule has 3 rings (SSSR count). The molecule has 0 saturated carbocycles. The molecule has 0 aliphatic heterocycles. The third kappa shape index (κ3) is 4.45. The molecule has 0 bridgehead atoms. The van der Waals surface area contributed by atoms with Crippen molar-refractivity contribution < 1.29 is 23.5 Å². The lowest BCUT2D eigenvalue weighted by molar-refractivity contribution is -0.153. The molecule has 1 atom stereocenters. The van der Waals surface area contributed by atoms with E-state index in [0.717, 1.165) is 0 Å². The molecule has 0 fully saturated rings. The first-order chi connectivity index (χ1) is 13.6. The zero-order chi connectivity index (χ0) is 19.9. The number of rotatable bonds is 7. The molecule has 0 amide bonds. The molecular weight excluding hydrogens is 362 g/mol. The first kappa shape index (κ1) is 18.9. The average molecular weight is 379 g/mol. The molecule has 1 heterocycles. The van der Waals surface area contributed by atoms with Crippen molar-refractivity contribution >= 4 is 5.97 Å². The van der Waals surface area contributed by atoms with E-state index in [1.807, 2.05) is 18.2 Å². The Hall–Kier alpha value is -3.86. The Kier molecular flexibility index (Phi) is 5.87. The third-order valence-electron chi connectivity index (χ3n) is 3.78. The Morgan fingerprint density at radius 3 is 2.68 bits per heavy atom. The molecule has 0 saturated heterocycles. The van der Waals surface area contributed by atoms with Gasteiger partial charge in [-0.05, 0) is 43.3 Å². The summed E-state index contributed by atoms with van der Waals surface area (Å²) in [5.74, 6) is 0.975. The van der Waals surface area contributed by atoms with Crippen LogP contribution in [0.3, 0.4) is 0 Å². The van der Waals surface area contributed by atoms with Gasteiger partial charge in [-0.3, -0.25) is 0 Å². The van der Waals surface area contributed by atoms with Crippen LogP contribution in [-0.2, 0) is 16.1 Å². The molecule has 0 unspecified atom stereocenters. The van der Waals surface area contributed by atoms with E-state index in [9.17, 15) is 4.79 Å². The third-order valence-corrected chi connectivity index (χ3v) is 3.78. The highest BCUT2D eigenvalue weighted by Gasteiger charge is 2.19. The van der Waals surface area contributed by atoms with Crippen molar-refractivity contribution in [3.05, 3.63) is 60.0 Å². The number of carbonyl (C=O) groups is 1. The van der Waals surface area contributed by atoms with Crippen LogP contribution in [0, 0.1) is 11.3 Å². The molecule has 0 N–H and O–H groups in total. The van der Waals surface area contributed by atoms with E-state index in [4.69, 9.17) is 24.0 Å². The second kappa shape index (κ2) is 8.68. The van der Waals surface area contributed by atoms with Crippen LogP contribution in [-0.4, -0.2) is 29.3 Å². The molecule has 142 valence electrons. The van der Waals surface area contributed by atoms with Crippen LogP contribution in [0.15, 0.2) is 53.1 Å². The van der Waals surface area contributed by atoms with Crippen LogP contribution in [0.2, 0.25) is 0 Å². The molecule has 0 radical (unpaired) electrons. The number of esters is 1. The van der Waals surface area contributed by atoms with E-state index in [0.29, 0.717) is 28.5 Å². The summed E-state index contributed by atoms with van der Waals surface area (Å²) >= 11 is 0. The molecule has 0 aliphatic carbocycles. The van der Waals surface area contributed by atoms with Crippen molar-refractivity contribution in [1.29, 1.82) is 5.26 Å². The maximum Gasteiger partial charge on any atom is 0.347 e. The fraction of sp³-hybridized carbons (Fsp3) is 0.200. The Morgan fingerprint density at radius 1 is 1.21 bits per heavy atom. The second-order valence-electron chi connectivity index (χ2n) is 5.72. The quantitative estimate of drug-likeness (QED) is 0.576. The van der Waals surface area contributed by atoms with Crippen molar-refractivity contribution in [1.82, 2.24) is 10.1 Å². The zero-order valence-electron chi connectivity index (χ0n) is 15.3. The van der Waals surface area contributed by atoms with Gasteiger partial charge in [0.1, 0.15) is 11.5 Å². The Bertz CT molecular complexity index is 992.